The molecule has 0 saturated carbocycles. The van der Waals surface area contributed by atoms with Crippen LogP contribution in [0.5, 0.6) is 0 Å². The highest BCUT2D eigenvalue weighted by molar-refractivity contribution is 5.72. The minimum absolute atomic E-state index is 0.00826. The van der Waals surface area contributed by atoms with Gasteiger partial charge in [-0.1, -0.05) is 29.8 Å². The molecule has 2 rings (SSSR count). The Bertz CT molecular complexity index is 454. The number of nitrogens with two attached hydrogens (primary N) is 1. The molecule has 1 atom stereocenters. The van der Waals surface area contributed by atoms with Crippen molar-refractivity contribution in [3.8, 4) is 0 Å². The van der Waals surface area contributed by atoms with Crippen LogP contribution in [0.2, 0.25) is 0 Å². The van der Waals surface area contributed by atoms with Crippen molar-refractivity contribution in [3.05, 3.63) is 35.4 Å². The maximum absolute atomic E-state index is 10.7. The van der Waals surface area contributed by atoms with E-state index in [1.165, 1.54) is 0 Å². The summed E-state index contributed by atoms with van der Waals surface area (Å²) >= 11 is 0. The van der Waals surface area contributed by atoms with Crippen LogP contribution in [-0.4, -0.2) is 18.6 Å². The predicted octanol–water partition coefficient (Wildman–Crippen LogP) is 0.353. The fraction of sp³-hybridized carbons (Fsp3) is 0.308. The van der Waals surface area contributed by atoms with E-state index in [2.05, 4.69) is 5.32 Å². The SMILES string of the molecule is NCC1=Cc2ccccc2NC(CC(=O)[O-])C1. The van der Waals surface area contributed by atoms with Gasteiger partial charge in [0.05, 0.1) is 0 Å². The van der Waals surface area contributed by atoms with Crippen LogP contribution in [0.4, 0.5) is 5.69 Å². The molecule has 1 aromatic carbocycles. The average Bonchev–Trinajstić information content (AvgIpc) is 2.46. The maximum Gasteiger partial charge on any atom is 0.0434 e. The number of carboxylic acids is 1. The summed E-state index contributed by atoms with van der Waals surface area (Å²) in [6.07, 6.45) is 2.66. The molecule has 1 heterocycles. The van der Waals surface area contributed by atoms with E-state index in [0.29, 0.717) is 13.0 Å². The maximum atomic E-state index is 10.7. The molecule has 0 bridgehead atoms. The molecule has 0 fully saturated rings. The molecule has 17 heavy (non-hydrogen) atoms. The van der Waals surface area contributed by atoms with Crippen LogP contribution in [-0.2, 0) is 4.79 Å². The second kappa shape index (κ2) is 5.01. The van der Waals surface area contributed by atoms with Gasteiger partial charge in [0.2, 0.25) is 0 Å². The summed E-state index contributed by atoms with van der Waals surface area (Å²) < 4.78 is 0. The third-order valence-electron chi connectivity index (χ3n) is 2.86. The Balaban J connectivity index is 2.30. The van der Waals surface area contributed by atoms with Crippen LogP contribution in [0, 0.1) is 0 Å². The molecule has 90 valence electrons. The summed E-state index contributed by atoms with van der Waals surface area (Å²) in [5, 5.41) is 13.9. The minimum Gasteiger partial charge on any atom is -0.550 e. The lowest BCUT2D eigenvalue weighted by Gasteiger charge is -2.19. The van der Waals surface area contributed by atoms with E-state index in [9.17, 15) is 9.90 Å². The lowest BCUT2D eigenvalue weighted by atomic mass is 10.0. The molecule has 0 spiro atoms. The Morgan fingerprint density at radius 2 is 2.24 bits per heavy atom. The summed E-state index contributed by atoms with van der Waals surface area (Å²) in [7, 11) is 0. The zero-order valence-corrected chi connectivity index (χ0v) is 9.48. The number of rotatable bonds is 3. The fourth-order valence-corrected chi connectivity index (χ4v) is 2.09. The summed E-state index contributed by atoms with van der Waals surface area (Å²) in [6, 6.07) is 7.64. The number of hydrogen-bond acceptors (Lipinski definition) is 4. The van der Waals surface area contributed by atoms with Crippen molar-refractivity contribution in [2.24, 2.45) is 5.73 Å². The van der Waals surface area contributed by atoms with Crippen LogP contribution in [0.3, 0.4) is 0 Å². The van der Waals surface area contributed by atoms with Gasteiger partial charge in [-0.15, -0.1) is 0 Å². The number of hydrogen-bond donors (Lipinski definition) is 2. The number of nitrogens with one attached hydrogen (secondary N) is 1. The first-order chi connectivity index (χ1) is 8.19. The van der Waals surface area contributed by atoms with Gasteiger partial charge in [-0.25, -0.2) is 0 Å². The molecule has 3 N–H and O–H groups in total. The monoisotopic (exact) mass is 231 g/mol. The lowest BCUT2D eigenvalue weighted by Crippen LogP contribution is -2.32. The average molecular weight is 231 g/mol. The van der Waals surface area contributed by atoms with E-state index < -0.39 is 5.97 Å². The van der Waals surface area contributed by atoms with E-state index in [-0.39, 0.29) is 12.5 Å². The first kappa shape index (κ1) is 11.7. The molecule has 4 nitrogen and oxygen atoms in total. The smallest absolute Gasteiger partial charge is 0.0434 e. The molecule has 1 aliphatic rings. The van der Waals surface area contributed by atoms with Gasteiger partial charge in [0.25, 0.3) is 0 Å². The van der Waals surface area contributed by atoms with Crippen LogP contribution in [0.25, 0.3) is 6.08 Å². The van der Waals surface area contributed by atoms with E-state index in [1.807, 2.05) is 30.3 Å². The van der Waals surface area contributed by atoms with Crippen molar-refractivity contribution in [2.75, 3.05) is 11.9 Å². The topological polar surface area (TPSA) is 78.2 Å². The summed E-state index contributed by atoms with van der Waals surface area (Å²) in [5.41, 5.74) is 8.71. The number of carboxylic acid groups (broad SMARTS) is 1. The van der Waals surface area contributed by atoms with Gasteiger partial charge in [-0.05, 0) is 18.1 Å². The standard InChI is InChI=1S/C13H16N2O2/c14-8-9-5-10-3-1-2-4-12(10)15-11(6-9)7-13(16)17/h1-5,11,15H,6-8,14H2,(H,16,17)/p-1. The second-order valence-electron chi connectivity index (χ2n) is 4.22. The minimum atomic E-state index is -1.04. The number of benzene rings is 1. The number of anilines is 1. The first-order valence-corrected chi connectivity index (χ1v) is 5.64. The van der Waals surface area contributed by atoms with Crippen molar-refractivity contribution in [1.29, 1.82) is 0 Å². The Morgan fingerprint density at radius 3 is 2.94 bits per heavy atom. The summed E-state index contributed by atoms with van der Waals surface area (Å²) in [5.74, 6) is -1.04. The molecule has 0 saturated heterocycles. The molecule has 1 aliphatic heterocycles. The van der Waals surface area contributed by atoms with Crippen LogP contribution >= 0.6 is 0 Å². The Morgan fingerprint density at radius 1 is 1.47 bits per heavy atom. The quantitative estimate of drug-likeness (QED) is 0.787. The van der Waals surface area contributed by atoms with E-state index in [1.54, 1.807) is 0 Å². The van der Waals surface area contributed by atoms with Gasteiger partial charge in [0.1, 0.15) is 0 Å². The van der Waals surface area contributed by atoms with Crippen molar-refractivity contribution in [2.45, 2.75) is 18.9 Å². The number of fused-ring (bicyclic) bond motifs is 1. The normalized spacial score (nSPS) is 18.6. The number of carbonyl (C=O) groups is 1. The van der Waals surface area contributed by atoms with Crippen LogP contribution in [0.15, 0.2) is 29.8 Å². The second-order valence-corrected chi connectivity index (χ2v) is 4.22. The number of carbonyl (C=O) groups excluding carboxylic acids is 1. The van der Waals surface area contributed by atoms with Gasteiger partial charge in [-0.2, -0.15) is 0 Å². The Kier molecular flexibility index (Phi) is 3.44. The molecule has 0 amide bonds. The zero-order chi connectivity index (χ0) is 12.3. The van der Waals surface area contributed by atoms with Gasteiger partial charge < -0.3 is 21.0 Å². The summed E-state index contributed by atoms with van der Waals surface area (Å²) in [4.78, 5) is 10.7. The van der Waals surface area contributed by atoms with E-state index >= 15 is 0 Å². The zero-order valence-electron chi connectivity index (χ0n) is 9.48. The van der Waals surface area contributed by atoms with Gasteiger partial charge >= 0.3 is 0 Å². The largest absolute Gasteiger partial charge is 0.550 e. The van der Waals surface area contributed by atoms with Crippen molar-refractivity contribution >= 4 is 17.7 Å². The van der Waals surface area contributed by atoms with Crippen LogP contribution in [0.1, 0.15) is 18.4 Å². The van der Waals surface area contributed by atoms with E-state index in [4.69, 9.17) is 5.73 Å². The highest BCUT2D eigenvalue weighted by Crippen LogP contribution is 2.26. The molecule has 0 aliphatic carbocycles. The van der Waals surface area contributed by atoms with Crippen molar-refractivity contribution in [3.63, 3.8) is 0 Å². The van der Waals surface area contributed by atoms with E-state index in [0.717, 1.165) is 16.8 Å². The third-order valence-corrected chi connectivity index (χ3v) is 2.86. The van der Waals surface area contributed by atoms with Crippen molar-refractivity contribution < 1.29 is 9.90 Å². The van der Waals surface area contributed by atoms with Gasteiger partial charge in [0, 0.05) is 30.7 Å². The van der Waals surface area contributed by atoms with Gasteiger partial charge in [0.15, 0.2) is 0 Å². The predicted molar refractivity (Wildman–Crippen MR) is 65.1 cm³/mol. The molecule has 1 unspecified atom stereocenters. The molecule has 4 heteroatoms. The highest BCUT2D eigenvalue weighted by atomic mass is 16.4. The Hall–Kier alpha value is -1.81. The molecular formula is C13H15N2O2-. The molecule has 0 radical (unpaired) electrons. The lowest BCUT2D eigenvalue weighted by molar-refractivity contribution is -0.305. The third kappa shape index (κ3) is 2.85. The summed E-state index contributed by atoms with van der Waals surface area (Å²) in [6.45, 7) is 0.444. The molecule has 0 aromatic heterocycles. The number of para-hydroxylation sites is 1. The fourth-order valence-electron chi connectivity index (χ4n) is 2.09. The molecule has 1 aromatic rings. The molecular weight excluding hydrogens is 216 g/mol. The highest BCUT2D eigenvalue weighted by Gasteiger charge is 2.16. The number of aliphatic carboxylic acids is 1. The Labute approximate surface area is 100 Å². The van der Waals surface area contributed by atoms with Crippen LogP contribution < -0.4 is 16.2 Å². The first-order valence-electron chi connectivity index (χ1n) is 5.64. The van der Waals surface area contributed by atoms with Crippen molar-refractivity contribution in [1.82, 2.24) is 0 Å². The van der Waals surface area contributed by atoms with Gasteiger partial charge in [-0.3, -0.25) is 0 Å².